The second kappa shape index (κ2) is 14.7. The molecule has 0 bridgehead atoms. The molecule has 2 saturated carbocycles. The summed E-state index contributed by atoms with van der Waals surface area (Å²) in [6.07, 6.45) is 4.88. The van der Waals surface area contributed by atoms with Gasteiger partial charge in [-0.1, -0.05) is 27.4 Å². The standard InChI is InChI=1S/C44H48N8O8/c1-21(2)38(50-43(56)58-7)41(54)52-30(8-9-44(5)14-33(44)52)40-46-16-29(49-40)25-11-27-20-59-31-12-24(10-26-19-60-32(13-25)37(27)36(26)31)28-15-45-34(48-28)18-51(39-22(3)23(39)4)35(53)17-47-42(55)57-6/h10-13,15-16,21,23,30,33,38H,3,8-9,14,17-20H2,1-2,4-7H3,(H3-,45,46,47,48,49,50,55,56)/p+1. The van der Waals surface area contributed by atoms with E-state index in [1.54, 1.807) is 10.8 Å². The van der Waals surface area contributed by atoms with Crippen LogP contribution in [0.15, 0.2) is 48.8 Å². The van der Waals surface area contributed by atoms with Gasteiger partial charge in [-0.2, -0.15) is 4.58 Å². The highest BCUT2D eigenvalue weighted by atomic mass is 16.5. The number of alkyl carbamates (subject to hydrolysis) is 2. The van der Waals surface area contributed by atoms with Crippen LogP contribution in [0.4, 0.5) is 9.59 Å². The molecule has 4 N–H and O–H groups in total. The molecule has 5 heterocycles. The Bertz CT molecular complexity index is 2470. The molecule has 2 aliphatic carbocycles. The third kappa shape index (κ3) is 6.76. The predicted octanol–water partition coefficient (Wildman–Crippen LogP) is 5.78. The van der Waals surface area contributed by atoms with E-state index in [4.69, 9.17) is 19.2 Å². The van der Waals surface area contributed by atoms with Gasteiger partial charge >= 0.3 is 18.1 Å². The molecule has 4 aromatic rings. The lowest BCUT2D eigenvalue weighted by Gasteiger charge is -2.39. The normalized spacial score (nSPS) is 23.0. The van der Waals surface area contributed by atoms with Gasteiger partial charge in [0.2, 0.25) is 12.5 Å². The first kappa shape index (κ1) is 39.0. The van der Waals surface area contributed by atoms with Gasteiger partial charge < -0.3 is 44.4 Å². The second-order valence-electron chi connectivity index (χ2n) is 17.0. The Morgan fingerprint density at radius 2 is 1.58 bits per heavy atom. The van der Waals surface area contributed by atoms with Crippen molar-refractivity contribution in [3.05, 3.63) is 71.6 Å². The summed E-state index contributed by atoms with van der Waals surface area (Å²) >= 11 is 0. The number of rotatable bonds is 10. The number of imidazole rings is 2. The Labute approximate surface area is 346 Å². The van der Waals surface area contributed by atoms with Gasteiger partial charge in [-0.25, -0.2) is 24.4 Å². The Morgan fingerprint density at radius 1 is 0.967 bits per heavy atom. The number of likely N-dealkylation sites (tertiary alicyclic amines) is 1. The van der Waals surface area contributed by atoms with Crippen LogP contribution in [-0.4, -0.2) is 92.0 Å². The van der Waals surface area contributed by atoms with Crippen molar-refractivity contribution in [2.45, 2.75) is 84.8 Å². The topological polar surface area (TPSA) is 193 Å². The van der Waals surface area contributed by atoms with Crippen molar-refractivity contribution in [1.29, 1.82) is 0 Å². The van der Waals surface area contributed by atoms with Crippen LogP contribution in [0.3, 0.4) is 0 Å². The fraction of sp³-hybridized carbons (Fsp3) is 0.432. The van der Waals surface area contributed by atoms with E-state index in [1.165, 1.54) is 14.2 Å². The van der Waals surface area contributed by atoms with Gasteiger partial charge in [0.1, 0.15) is 43.1 Å². The van der Waals surface area contributed by atoms with Crippen LogP contribution in [0.25, 0.3) is 33.6 Å². The lowest BCUT2D eigenvalue weighted by atomic mass is 9.87. The molecule has 5 aliphatic rings. The van der Waals surface area contributed by atoms with Gasteiger partial charge in [0.05, 0.1) is 50.0 Å². The minimum atomic E-state index is -0.724. The predicted molar refractivity (Wildman–Crippen MR) is 218 cm³/mol. The molecule has 0 spiro atoms. The summed E-state index contributed by atoms with van der Waals surface area (Å²) in [5.41, 5.74) is 9.03. The van der Waals surface area contributed by atoms with Crippen LogP contribution in [-0.2, 0) is 38.8 Å². The molecule has 16 nitrogen and oxygen atoms in total. The lowest BCUT2D eigenvalue weighted by Crippen LogP contribution is -2.54. The van der Waals surface area contributed by atoms with Gasteiger partial charge in [-0.3, -0.25) is 4.79 Å². The summed E-state index contributed by atoms with van der Waals surface area (Å²) < 4.78 is 23.9. The number of piperidine rings is 1. The number of nitrogens with one attached hydrogen (secondary N) is 4. The van der Waals surface area contributed by atoms with Gasteiger partial charge in [-0.05, 0) is 61.8 Å². The highest BCUT2D eigenvalue weighted by Gasteiger charge is 2.60. The number of H-pyrrole nitrogens is 2. The van der Waals surface area contributed by atoms with Gasteiger partial charge in [0, 0.05) is 45.0 Å². The molecule has 60 heavy (non-hydrogen) atoms. The molecule has 4 amide bonds. The first-order valence-electron chi connectivity index (χ1n) is 20.3. The molecule has 1 saturated heterocycles. The second-order valence-corrected chi connectivity index (χ2v) is 17.0. The number of benzene rings is 2. The Balaban J connectivity index is 0.958. The lowest BCUT2D eigenvalue weighted by molar-refractivity contribution is -0.463. The fourth-order valence-corrected chi connectivity index (χ4v) is 9.14. The third-order valence-electron chi connectivity index (χ3n) is 12.8. The van der Waals surface area contributed by atoms with Crippen LogP contribution < -0.4 is 20.1 Å². The van der Waals surface area contributed by atoms with Gasteiger partial charge in [0.25, 0.3) is 0 Å². The summed E-state index contributed by atoms with van der Waals surface area (Å²) in [4.78, 5) is 69.5. The largest absolute Gasteiger partial charge is 0.488 e. The zero-order chi connectivity index (χ0) is 42.2. The fourth-order valence-electron chi connectivity index (χ4n) is 9.14. The summed E-state index contributed by atoms with van der Waals surface area (Å²) in [6, 6.07) is 7.28. The number of aromatic nitrogens is 4. The van der Waals surface area contributed by atoms with Crippen molar-refractivity contribution in [2.75, 3.05) is 20.8 Å². The summed E-state index contributed by atoms with van der Waals surface area (Å²) in [5, 5.41) is 5.23. The van der Waals surface area contributed by atoms with Gasteiger partial charge in [0.15, 0.2) is 11.5 Å². The molecule has 2 aromatic heterocycles. The molecule has 2 aromatic carbocycles. The van der Waals surface area contributed by atoms with Crippen molar-refractivity contribution in [3.63, 3.8) is 0 Å². The number of nitrogens with zero attached hydrogens (tertiary/aromatic N) is 4. The molecule has 16 heteroatoms. The summed E-state index contributed by atoms with van der Waals surface area (Å²) in [6.45, 7) is 12.7. The van der Waals surface area contributed by atoms with Crippen LogP contribution in [0.1, 0.15) is 75.8 Å². The van der Waals surface area contributed by atoms with E-state index in [1.807, 2.05) is 44.0 Å². The number of amides is 4. The molecule has 9 rings (SSSR count). The van der Waals surface area contributed by atoms with E-state index in [9.17, 15) is 19.2 Å². The number of allylic oxidation sites excluding steroid dienone is 1. The van der Waals surface area contributed by atoms with E-state index in [0.717, 1.165) is 86.8 Å². The Hall–Kier alpha value is -6.45. The Morgan fingerprint density at radius 3 is 2.18 bits per heavy atom. The van der Waals surface area contributed by atoms with E-state index >= 15 is 0 Å². The maximum Gasteiger partial charge on any atom is 0.407 e. The van der Waals surface area contributed by atoms with Gasteiger partial charge in [-0.15, -0.1) is 0 Å². The molecule has 5 unspecified atom stereocenters. The van der Waals surface area contributed by atoms with Crippen LogP contribution in [0, 0.1) is 17.3 Å². The first-order valence-corrected chi connectivity index (χ1v) is 20.3. The van der Waals surface area contributed by atoms with Crippen molar-refractivity contribution < 1.29 is 42.7 Å². The number of ether oxygens (including phenoxy) is 4. The first-order chi connectivity index (χ1) is 28.8. The van der Waals surface area contributed by atoms with E-state index in [0.29, 0.717) is 24.9 Å². The SMILES string of the molecule is C=C1C(=[N+](Cc2ncc(-c3cc4c5c(c3)OCc3cc(-c6cnc(C7CCC8(C)CC8N7C(=O)C(NC(=O)OC)C(C)C)[nH]6)cc(c3-5)OC4)[nH]2)C(=O)CNC(=O)OC)C1C. The monoisotopic (exact) mass is 817 g/mol. The number of hydrogen-bond acceptors (Lipinski definition) is 10. The number of methoxy groups -OCH3 is 2. The molecular weight excluding hydrogens is 769 g/mol. The minimum Gasteiger partial charge on any atom is -0.488 e. The van der Waals surface area contributed by atoms with E-state index in [2.05, 4.69) is 56.0 Å². The molecular formula is C44H49N8O8+. The highest BCUT2D eigenvalue weighted by Crippen LogP contribution is 2.60. The summed E-state index contributed by atoms with van der Waals surface area (Å²) in [7, 11) is 2.55. The molecule has 3 aliphatic heterocycles. The molecule has 5 atom stereocenters. The summed E-state index contributed by atoms with van der Waals surface area (Å²) in [5.74, 6) is 2.28. The highest BCUT2D eigenvalue weighted by molar-refractivity contribution is 6.18. The maximum absolute atomic E-state index is 14.2. The zero-order valence-electron chi connectivity index (χ0n) is 34.6. The average molecular weight is 818 g/mol. The van der Waals surface area contributed by atoms with E-state index < -0.39 is 18.2 Å². The smallest absolute Gasteiger partial charge is 0.407 e. The van der Waals surface area contributed by atoms with E-state index in [-0.39, 0.29) is 54.2 Å². The molecule has 312 valence electrons. The van der Waals surface area contributed by atoms with Crippen molar-refractivity contribution in [2.24, 2.45) is 17.3 Å². The third-order valence-corrected chi connectivity index (χ3v) is 12.8. The van der Waals surface area contributed by atoms with Crippen LogP contribution in [0.5, 0.6) is 11.5 Å². The molecule has 0 radical (unpaired) electrons. The number of hydrogen-bond donors (Lipinski definition) is 4. The number of aromatic amines is 2. The molecule has 3 fully saturated rings. The van der Waals surface area contributed by atoms with Crippen molar-refractivity contribution in [1.82, 2.24) is 35.5 Å². The number of carbonyl (C=O) groups is 4. The Kier molecular flexibility index (Phi) is 9.55. The minimum absolute atomic E-state index is 0.0597. The number of carbonyl (C=O) groups excluding carboxylic acids is 4. The van der Waals surface area contributed by atoms with Crippen LogP contribution >= 0.6 is 0 Å². The number of fused-ring (bicyclic) bond motifs is 1. The van der Waals surface area contributed by atoms with Crippen molar-refractivity contribution in [3.8, 4) is 45.1 Å². The maximum atomic E-state index is 14.2. The van der Waals surface area contributed by atoms with Crippen molar-refractivity contribution >= 4 is 29.7 Å². The van der Waals surface area contributed by atoms with Crippen LogP contribution in [0.2, 0.25) is 0 Å². The quantitative estimate of drug-likeness (QED) is 0.143. The zero-order valence-corrected chi connectivity index (χ0v) is 34.6. The average Bonchev–Trinajstić information content (AvgIpc) is 3.82.